The monoisotopic (exact) mass is 668 g/mol. The van der Waals surface area contributed by atoms with Gasteiger partial charge in [-0.1, -0.05) is 31.5 Å². The fourth-order valence-electron chi connectivity index (χ4n) is 4.51. The van der Waals surface area contributed by atoms with Crippen LogP contribution in [0.25, 0.3) is 0 Å². The van der Waals surface area contributed by atoms with E-state index in [1.54, 1.807) is 24.3 Å². The van der Waals surface area contributed by atoms with Crippen molar-refractivity contribution in [1.82, 2.24) is 10.2 Å². The van der Waals surface area contributed by atoms with Gasteiger partial charge in [0.05, 0.1) is 23.3 Å². The lowest BCUT2D eigenvalue weighted by atomic mass is 9.87. The minimum atomic E-state index is -1.29. The molecule has 0 spiro atoms. The number of aliphatic hydroxyl groups excluding tert-OH is 2. The van der Waals surface area contributed by atoms with E-state index in [1.807, 2.05) is 29.5 Å². The highest BCUT2D eigenvalue weighted by Gasteiger charge is 2.41. The fraction of sp³-hybridized carbons (Fsp3) is 0.414. The molecule has 40 heavy (non-hydrogen) atoms. The topological polar surface area (TPSA) is 125 Å². The molecule has 2 amide bonds. The largest absolute Gasteiger partial charge is 0.493 e. The van der Waals surface area contributed by atoms with Crippen molar-refractivity contribution in [3.63, 3.8) is 0 Å². The number of amides is 2. The van der Waals surface area contributed by atoms with Gasteiger partial charge in [-0.25, -0.2) is 4.39 Å². The van der Waals surface area contributed by atoms with Gasteiger partial charge in [0.25, 0.3) is 0 Å². The lowest BCUT2D eigenvalue weighted by Gasteiger charge is -2.41. The molecular formula is C29H34FIN2O7. The molecular weight excluding hydrogens is 634 g/mol. The van der Waals surface area contributed by atoms with E-state index in [1.165, 1.54) is 30.2 Å². The highest BCUT2D eigenvalue weighted by molar-refractivity contribution is 14.1. The van der Waals surface area contributed by atoms with Crippen molar-refractivity contribution in [3.8, 4) is 11.5 Å². The number of rotatable bonds is 13. The van der Waals surface area contributed by atoms with Gasteiger partial charge in [0.15, 0.2) is 11.5 Å². The molecule has 3 unspecified atom stereocenters. The van der Waals surface area contributed by atoms with Crippen LogP contribution in [0.2, 0.25) is 0 Å². The Kier molecular flexibility index (Phi) is 11.9. The third-order valence-electron chi connectivity index (χ3n) is 6.62. The van der Waals surface area contributed by atoms with E-state index in [4.69, 9.17) is 9.47 Å². The maximum absolute atomic E-state index is 14.7. The van der Waals surface area contributed by atoms with Crippen LogP contribution in [0, 0.1) is 9.39 Å². The van der Waals surface area contributed by atoms with E-state index in [0.717, 1.165) is 6.42 Å². The molecule has 0 fully saturated rings. The molecule has 3 atom stereocenters. The SMILES string of the molecule is CCCCC(=O)N(Cc1ccccc1F)C1CC(C(=O)NCCO)=CC(Oc2c(I)cc(C=O)cc2OC)C1O. The van der Waals surface area contributed by atoms with Crippen LogP contribution < -0.4 is 14.8 Å². The Balaban J connectivity index is 2.05. The number of hydrogen-bond donors (Lipinski definition) is 3. The molecule has 3 N–H and O–H groups in total. The summed E-state index contributed by atoms with van der Waals surface area (Å²) < 4.78 is 26.8. The average Bonchev–Trinajstić information content (AvgIpc) is 2.96. The second kappa shape index (κ2) is 15.1. The molecule has 2 aromatic rings. The van der Waals surface area contributed by atoms with Crippen LogP contribution >= 0.6 is 22.6 Å². The molecule has 2 aromatic carbocycles. The first-order valence-electron chi connectivity index (χ1n) is 13.0. The van der Waals surface area contributed by atoms with Crippen molar-refractivity contribution in [2.75, 3.05) is 20.3 Å². The maximum Gasteiger partial charge on any atom is 0.247 e. The number of carbonyl (C=O) groups is 3. The number of nitrogens with zero attached hydrogens (tertiary/aromatic N) is 1. The Bertz CT molecular complexity index is 1240. The summed E-state index contributed by atoms with van der Waals surface area (Å²) in [6, 6.07) is 8.26. The van der Waals surface area contributed by atoms with Crippen molar-refractivity contribution in [2.45, 2.75) is 57.4 Å². The van der Waals surface area contributed by atoms with Gasteiger partial charge in [-0.2, -0.15) is 0 Å². The smallest absolute Gasteiger partial charge is 0.247 e. The van der Waals surface area contributed by atoms with Crippen LogP contribution in [0.5, 0.6) is 11.5 Å². The molecule has 1 aliphatic carbocycles. The standard InChI is InChI=1S/C29H34FIN2O7/c1-3-4-9-26(36)33(16-19-7-5-6-8-21(19)30)23-14-20(29(38)32-10-11-34)15-24(27(23)37)40-28-22(31)12-18(17-35)13-25(28)39-2/h5-8,12-13,15,17,23-24,27,34,37H,3-4,9-11,14,16H2,1-2H3,(H,32,38). The summed E-state index contributed by atoms with van der Waals surface area (Å²) in [5, 5.41) is 23.4. The summed E-state index contributed by atoms with van der Waals surface area (Å²) in [4.78, 5) is 39.2. The van der Waals surface area contributed by atoms with Gasteiger partial charge in [-0.15, -0.1) is 0 Å². The van der Waals surface area contributed by atoms with E-state index >= 15 is 0 Å². The van der Waals surface area contributed by atoms with Gasteiger partial charge in [0, 0.05) is 42.6 Å². The molecule has 0 bridgehead atoms. The van der Waals surface area contributed by atoms with Crippen LogP contribution in [-0.4, -0.2) is 71.7 Å². The predicted octanol–water partition coefficient (Wildman–Crippen LogP) is 3.39. The fourth-order valence-corrected chi connectivity index (χ4v) is 5.26. The first kappa shape index (κ1) is 31.5. The second-order valence-electron chi connectivity index (χ2n) is 9.38. The Hall–Kier alpha value is -3.03. The highest BCUT2D eigenvalue weighted by Crippen LogP contribution is 2.37. The van der Waals surface area contributed by atoms with Crippen molar-refractivity contribution in [1.29, 1.82) is 0 Å². The summed E-state index contributed by atoms with van der Waals surface area (Å²) in [6.45, 7) is 1.59. The van der Waals surface area contributed by atoms with E-state index in [0.29, 0.717) is 21.8 Å². The summed E-state index contributed by atoms with van der Waals surface area (Å²) in [5.41, 5.74) is 0.889. The third kappa shape index (κ3) is 7.79. The van der Waals surface area contributed by atoms with Crippen molar-refractivity contribution in [3.05, 3.63) is 68.6 Å². The molecule has 1 aliphatic rings. The molecule has 3 rings (SSSR count). The Morgan fingerprint density at radius 1 is 1.27 bits per heavy atom. The van der Waals surface area contributed by atoms with Crippen LogP contribution in [-0.2, 0) is 16.1 Å². The van der Waals surface area contributed by atoms with Crippen LogP contribution in [0.3, 0.4) is 0 Å². The zero-order valence-electron chi connectivity index (χ0n) is 22.4. The molecule has 0 aliphatic heterocycles. The number of aldehydes is 1. The number of nitrogens with one attached hydrogen (secondary N) is 1. The zero-order chi connectivity index (χ0) is 29.2. The summed E-state index contributed by atoms with van der Waals surface area (Å²) >= 11 is 1.98. The molecule has 11 heteroatoms. The minimum absolute atomic E-state index is 0.0110. The normalized spacial score (nSPS) is 18.4. The number of benzene rings is 2. The lowest BCUT2D eigenvalue weighted by molar-refractivity contribution is -0.139. The number of halogens is 2. The molecule has 0 saturated carbocycles. The first-order chi connectivity index (χ1) is 19.2. The number of carbonyl (C=O) groups excluding carboxylic acids is 3. The Morgan fingerprint density at radius 2 is 2.02 bits per heavy atom. The molecule has 0 radical (unpaired) electrons. The second-order valence-corrected chi connectivity index (χ2v) is 10.5. The number of aliphatic hydroxyl groups is 2. The minimum Gasteiger partial charge on any atom is -0.493 e. The molecule has 0 heterocycles. The Morgan fingerprint density at radius 3 is 2.67 bits per heavy atom. The van der Waals surface area contributed by atoms with Gasteiger partial charge in [-0.3, -0.25) is 14.4 Å². The molecule has 216 valence electrons. The Labute approximate surface area is 246 Å². The highest BCUT2D eigenvalue weighted by atomic mass is 127. The number of hydrogen-bond acceptors (Lipinski definition) is 7. The number of unbranched alkanes of at least 4 members (excludes halogenated alkanes) is 1. The van der Waals surface area contributed by atoms with Crippen LogP contribution in [0.4, 0.5) is 4.39 Å². The number of methoxy groups -OCH3 is 1. The van der Waals surface area contributed by atoms with Crippen LogP contribution in [0.15, 0.2) is 48.0 Å². The molecule has 9 nitrogen and oxygen atoms in total. The van der Waals surface area contributed by atoms with E-state index in [9.17, 15) is 29.0 Å². The van der Waals surface area contributed by atoms with E-state index in [-0.39, 0.29) is 61.1 Å². The third-order valence-corrected chi connectivity index (χ3v) is 7.42. The van der Waals surface area contributed by atoms with E-state index in [2.05, 4.69) is 5.32 Å². The summed E-state index contributed by atoms with van der Waals surface area (Å²) in [7, 11) is 1.42. The zero-order valence-corrected chi connectivity index (χ0v) is 24.6. The van der Waals surface area contributed by atoms with Crippen molar-refractivity contribution < 1.29 is 38.5 Å². The van der Waals surface area contributed by atoms with Gasteiger partial charge in [0.1, 0.15) is 24.3 Å². The van der Waals surface area contributed by atoms with Crippen LogP contribution in [0.1, 0.15) is 48.5 Å². The predicted molar refractivity (Wildman–Crippen MR) is 155 cm³/mol. The quantitative estimate of drug-likeness (QED) is 0.221. The van der Waals surface area contributed by atoms with Gasteiger partial charge >= 0.3 is 0 Å². The summed E-state index contributed by atoms with van der Waals surface area (Å²) in [5.74, 6) is -0.746. The summed E-state index contributed by atoms with van der Waals surface area (Å²) in [6.07, 6.45) is 1.31. The lowest BCUT2D eigenvalue weighted by Crippen LogP contribution is -2.54. The maximum atomic E-state index is 14.7. The van der Waals surface area contributed by atoms with Gasteiger partial charge in [0.2, 0.25) is 11.8 Å². The van der Waals surface area contributed by atoms with Gasteiger partial charge < -0.3 is 29.9 Å². The average molecular weight is 669 g/mol. The number of ether oxygens (including phenoxy) is 2. The van der Waals surface area contributed by atoms with Crippen molar-refractivity contribution >= 4 is 40.7 Å². The molecule has 0 aromatic heterocycles. The van der Waals surface area contributed by atoms with E-state index < -0.39 is 30.0 Å². The van der Waals surface area contributed by atoms with Gasteiger partial charge in [-0.05, 0) is 53.3 Å². The first-order valence-corrected chi connectivity index (χ1v) is 14.1. The van der Waals surface area contributed by atoms with Crippen molar-refractivity contribution in [2.24, 2.45) is 0 Å². The molecule has 0 saturated heterocycles.